The molecule has 0 spiro atoms. The summed E-state index contributed by atoms with van der Waals surface area (Å²) in [6, 6.07) is 7.90. The molecule has 2 aromatic rings. The molecule has 0 saturated heterocycles. The Morgan fingerprint density at radius 2 is 2.00 bits per heavy atom. The maximum Gasteiger partial charge on any atom is 0.307 e. The van der Waals surface area contributed by atoms with Gasteiger partial charge in [0.2, 0.25) is 0 Å². The Morgan fingerprint density at radius 1 is 1.33 bits per heavy atom. The molecule has 0 aliphatic heterocycles. The third-order valence-corrected chi connectivity index (χ3v) is 3.49. The van der Waals surface area contributed by atoms with Gasteiger partial charge in [0.15, 0.2) is 0 Å². The van der Waals surface area contributed by atoms with Crippen molar-refractivity contribution in [3.05, 3.63) is 53.1 Å². The van der Waals surface area contributed by atoms with Gasteiger partial charge in [0, 0.05) is 18.7 Å². The second kappa shape index (κ2) is 6.52. The zero-order valence-corrected chi connectivity index (χ0v) is 12.2. The van der Waals surface area contributed by atoms with Crippen LogP contribution in [0.1, 0.15) is 23.9 Å². The van der Waals surface area contributed by atoms with E-state index in [0.29, 0.717) is 19.4 Å². The Labute approximate surface area is 123 Å². The van der Waals surface area contributed by atoms with Crippen LogP contribution in [0.2, 0.25) is 0 Å². The van der Waals surface area contributed by atoms with Crippen LogP contribution in [0.4, 0.5) is 4.39 Å². The van der Waals surface area contributed by atoms with Gasteiger partial charge in [-0.25, -0.2) is 4.39 Å². The zero-order chi connectivity index (χ0) is 15.4. The molecule has 112 valence electrons. The molecule has 0 amide bonds. The van der Waals surface area contributed by atoms with Gasteiger partial charge in [0.25, 0.3) is 0 Å². The molecule has 0 bridgehead atoms. The summed E-state index contributed by atoms with van der Waals surface area (Å²) in [7, 11) is 0. The number of carbonyl (C=O) groups is 1. The van der Waals surface area contributed by atoms with Crippen molar-refractivity contribution in [2.24, 2.45) is 5.92 Å². The van der Waals surface area contributed by atoms with Gasteiger partial charge >= 0.3 is 5.97 Å². The Balaban J connectivity index is 2.15. The molecule has 5 heteroatoms. The number of aromatic nitrogens is 2. The molecule has 0 aliphatic carbocycles. The van der Waals surface area contributed by atoms with Crippen molar-refractivity contribution in [2.75, 3.05) is 0 Å². The van der Waals surface area contributed by atoms with Crippen molar-refractivity contribution in [3.8, 4) is 0 Å². The summed E-state index contributed by atoms with van der Waals surface area (Å²) >= 11 is 0. The number of carboxylic acids is 1. The second-order valence-electron chi connectivity index (χ2n) is 5.16. The first kappa shape index (κ1) is 15.2. The summed E-state index contributed by atoms with van der Waals surface area (Å²) in [6.45, 7) is 4.59. The van der Waals surface area contributed by atoms with E-state index in [0.717, 1.165) is 17.0 Å². The fraction of sp³-hybridized carbons (Fsp3) is 0.375. The maximum absolute atomic E-state index is 12.9. The van der Waals surface area contributed by atoms with E-state index in [1.165, 1.54) is 12.1 Å². The lowest BCUT2D eigenvalue weighted by Gasteiger charge is -2.13. The van der Waals surface area contributed by atoms with E-state index in [1.54, 1.807) is 12.1 Å². The number of hydrogen-bond donors (Lipinski definition) is 1. The van der Waals surface area contributed by atoms with Crippen LogP contribution in [0.5, 0.6) is 0 Å². The van der Waals surface area contributed by atoms with Gasteiger partial charge in [-0.15, -0.1) is 0 Å². The summed E-state index contributed by atoms with van der Waals surface area (Å²) in [5.74, 6) is -1.71. The van der Waals surface area contributed by atoms with Crippen LogP contribution in [0, 0.1) is 18.7 Å². The number of aryl methyl sites for hydroxylation is 2. The summed E-state index contributed by atoms with van der Waals surface area (Å²) < 4.78 is 14.7. The number of aliphatic carboxylic acids is 1. The predicted molar refractivity (Wildman–Crippen MR) is 77.6 cm³/mol. The number of halogens is 1. The third-order valence-electron chi connectivity index (χ3n) is 3.49. The molecule has 1 atom stereocenters. The van der Waals surface area contributed by atoms with Gasteiger partial charge in [0.1, 0.15) is 5.82 Å². The number of carboxylic acid groups (broad SMARTS) is 1. The van der Waals surface area contributed by atoms with Crippen molar-refractivity contribution in [1.82, 2.24) is 9.78 Å². The zero-order valence-electron chi connectivity index (χ0n) is 12.2. The number of rotatable bonds is 6. The predicted octanol–water partition coefficient (Wildman–Crippen LogP) is 2.84. The van der Waals surface area contributed by atoms with Gasteiger partial charge in [-0.3, -0.25) is 9.48 Å². The molecule has 0 fully saturated rings. The van der Waals surface area contributed by atoms with Gasteiger partial charge in [-0.1, -0.05) is 12.1 Å². The highest BCUT2D eigenvalue weighted by Gasteiger charge is 2.21. The largest absolute Gasteiger partial charge is 0.481 e. The van der Waals surface area contributed by atoms with E-state index in [4.69, 9.17) is 0 Å². The van der Waals surface area contributed by atoms with Crippen LogP contribution in [-0.4, -0.2) is 20.9 Å². The topological polar surface area (TPSA) is 55.1 Å². The Morgan fingerprint density at radius 3 is 2.57 bits per heavy atom. The average molecular weight is 290 g/mol. The number of hydrogen-bond acceptors (Lipinski definition) is 2. The van der Waals surface area contributed by atoms with Crippen LogP contribution in [-0.2, 0) is 24.2 Å². The fourth-order valence-corrected chi connectivity index (χ4v) is 2.44. The molecule has 2 rings (SSSR count). The molecule has 1 aromatic heterocycles. The molecule has 0 aliphatic rings. The van der Waals surface area contributed by atoms with Crippen molar-refractivity contribution in [2.45, 2.75) is 33.2 Å². The van der Waals surface area contributed by atoms with Crippen molar-refractivity contribution >= 4 is 5.97 Å². The van der Waals surface area contributed by atoms with E-state index in [2.05, 4.69) is 5.10 Å². The van der Waals surface area contributed by atoms with Gasteiger partial charge in [-0.2, -0.15) is 5.10 Å². The molecule has 0 radical (unpaired) electrons. The van der Waals surface area contributed by atoms with Crippen LogP contribution < -0.4 is 0 Å². The van der Waals surface area contributed by atoms with Crippen LogP contribution in [0.3, 0.4) is 0 Å². The lowest BCUT2D eigenvalue weighted by atomic mass is 9.94. The Bertz CT molecular complexity index is 620. The maximum atomic E-state index is 12.9. The first-order chi connectivity index (χ1) is 9.99. The molecular weight excluding hydrogens is 271 g/mol. The molecule has 1 N–H and O–H groups in total. The fourth-order valence-electron chi connectivity index (χ4n) is 2.44. The van der Waals surface area contributed by atoms with E-state index >= 15 is 0 Å². The second-order valence-corrected chi connectivity index (χ2v) is 5.16. The molecule has 21 heavy (non-hydrogen) atoms. The van der Waals surface area contributed by atoms with E-state index in [1.807, 2.05) is 24.6 Å². The Kier molecular flexibility index (Phi) is 4.73. The minimum atomic E-state index is -0.846. The molecule has 1 heterocycles. The van der Waals surface area contributed by atoms with Gasteiger partial charge in [-0.05, 0) is 44.0 Å². The van der Waals surface area contributed by atoms with Gasteiger partial charge in [0.05, 0.1) is 11.6 Å². The average Bonchev–Trinajstić information content (AvgIpc) is 2.80. The first-order valence-corrected chi connectivity index (χ1v) is 7.00. The highest BCUT2D eigenvalue weighted by molar-refractivity contribution is 5.70. The molecule has 4 nitrogen and oxygen atoms in total. The van der Waals surface area contributed by atoms with Crippen molar-refractivity contribution in [1.29, 1.82) is 0 Å². The van der Waals surface area contributed by atoms with Crippen LogP contribution >= 0.6 is 0 Å². The van der Waals surface area contributed by atoms with E-state index in [-0.39, 0.29) is 5.82 Å². The monoisotopic (exact) mass is 290 g/mol. The summed E-state index contributed by atoms with van der Waals surface area (Å²) in [4.78, 5) is 11.5. The summed E-state index contributed by atoms with van der Waals surface area (Å²) in [6.07, 6.45) is 0.797. The van der Waals surface area contributed by atoms with Gasteiger partial charge < -0.3 is 5.11 Å². The quantitative estimate of drug-likeness (QED) is 0.890. The lowest BCUT2D eigenvalue weighted by molar-refractivity contribution is -0.141. The van der Waals surface area contributed by atoms with Crippen molar-refractivity contribution < 1.29 is 14.3 Å². The Hall–Kier alpha value is -2.17. The minimum absolute atomic E-state index is 0.315. The molecule has 0 saturated carbocycles. The van der Waals surface area contributed by atoms with Crippen LogP contribution in [0.15, 0.2) is 30.3 Å². The number of nitrogens with zero attached hydrogens (tertiary/aromatic N) is 2. The highest BCUT2D eigenvalue weighted by Crippen LogP contribution is 2.17. The highest BCUT2D eigenvalue weighted by atomic mass is 19.1. The normalized spacial score (nSPS) is 12.3. The molecular formula is C16H19FN2O2. The standard InChI is InChI=1S/C16H19FN2O2/c1-3-19-15(8-11(2)18-19)10-13(16(20)21)9-12-4-6-14(17)7-5-12/h4-8,13H,3,9-10H2,1-2H3,(H,20,21). The van der Waals surface area contributed by atoms with E-state index in [9.17, 15) is 14.3 Å². The van der Waals surface area contributed by atoms with E-state index < -0.39 is 11.9 Å². The number of benzene rings is 1. The minimum Gasteiger partial charge on any atom is -0.481 e. The first-order valence-electron chi connectivity index (χ1n) is 7.00. The lowest BCUT2D eigenvalue weighted by Crippen LogP contribution is -2.21. The third kappa shape index (κ3) is 3.90. The van der Waals surface area contributed by atoms with Crippen LogP contribution in [0.25, 0.3) is 0 Å². The molecule has 1 unspecified atom stereocenters. The van der Waals surface area contributed by atoms with Crippen molar-refractivity contribution in [3.63, 3.8) is 0 Å². The molecule has 1 aromatic carbocycles. The summed E-state index contributed by atoms with van der Waals surface area (Å²) in [5, 5.41) is 13.8. The SMILES string of the molecule is CCn1nc(C)cc1CC(Cc1ccc(F)cc1)C(=O)O. The summed E-state index contributed by atoms with van der Waals surface area (Å²) in [5.41, 5.74) is 2.63. The smallest absolute Gasteiger partial charge is 0.307 e.